The maximum atomic E-state index is 5.04. The van der Waals surface area contributed by atoms with Crippen molar-refractivity contribution >= 4 is 161 Å². The fraction of sp³-hybridized carbons (Fsp3) is 0. The van der Waals surface area contributed by atoms with E-state index in [0.717, 1.165) is 0 Å². The van der Waals surface area contributed by atoms with E-state index in [9.17, 15) is 0 Å². The minimum atomic E-state index is -5.22. The zero-order valence-corrected chi connectivity index (χ0v) is 17.1. The average molecular weight is 392 g/mol. The molecule has 9 heavy (non-hydrogen) atoms. The van der Waals surface area contributed by atoms with Gasteiger partial charge in [-0.3, -0.25) is 0 Å². The van der Waals surface area contributed by atoms with Gasteiger partial charge < -0.3 is 0 Å². The Kier molecular flexibility index (Phi) is 11.4. The van der Waals surface area contributed by atoms with Crippen molar-refractivity contribution in [2.45, 2.75) is 0 Å². The van der Waals surface area contributed by atoms with Crippen molar-refractivity contribution in [3.05, 3.63) is 0 Å². The van der Waals surface area contributed by atoms with Crippen LogP contribution in [0.4, 0.5) is 0 Å². The van der Waals surface area contributed by atoms with Crippen LogP contribution in [0.1, 0.15) is 0 Å². The molecule has 0 aliphatic carbocycles. The Bertz CT molecular complexity index is 69.6. The summed E-state index contributed by atoms with van der Waals surface area (Å²) in [5.41, 5.74) is 0. The van der Waals surface area contributed by atoms with Gasteiger partial charge in [-0.25, -0.2) is 0 Å². The predicted molar refractivity (Wildman–Crippen MR) is 46.6 cm³/mol. The van der Waals surface area contributed by atoms with Gasteiger partial charge in [0.1, 0.15) is 0 Å². The van der Waals surface area contributed by atoms with Gasteiger partial charge in [0.2, 0.25) is 0 Å². The second-order valence-corrected chi connectivity index (χ2v) is 40.3. The van der Waals surface area contributed by atoms with Crippen LogP contribution in [0.15, 0.2) is 0 Å². The SMILES string of the molecule is [Cl][Ru]([Cl])([Cl])([Cl])([Cl])[Cl].[K].[K]. The van der Waals surface area contributed by atoms with Gasteiger partial charge in [-0.1, -0.05) is 0 Å². The molecule has 0 spiro atoms. The predicted octanol–water partition coefficient (Wildman–Crippen LogP) is 3.37. The standard InChI is InChI=1S/6ClH.2K.Ru/h6*1H;;;/q;;;;;;;;+6/p-6. The Labute approximate surface area is 162 Å². The van der Waals surface area contributed by atoms with Crippen LogP contribution in [0.2, 0.25) is 0 Å². The van der Waals surface area contributed by atoms with Crippen molar-refractivity contribution < 1.29 is 6.48 Å². The van der Waals surface area contributed by atoms with E-state index in [-0.39, 0.29) is 103 Å². The number of halogens is 6. The first-order valence-electron chi connectivity index (χ1n) is 0.802. The van der Waals surface area contributed by atoms with E-state index >= 15 is 0 Å². The summed E-state index contributed by atoms with van der Waals surface area (Å²) in [5.74, 6) is 0. The zero-order chi connectivity index (χ0) is 6.41. The first-order valence-corrected chi connectivity index (χ1v) is 14.2. The summed E-state index contributed by atoms with van der Waals surface area (Å²) < 4.78 is 0. The van der Waals surface area contributed by atoms with E-state index in [4.69, 9.17) is 58.1 Å². The van der Waals surface area contributed by atoms with Gasteiger partial charge in [0.15, 0.2) is 0 Å². The van der Waals surface area contributed by atoms with Crippen molar-refractivity contribution in [2.24, 2.45) is 0 Å². The Morgan fingerprint density at radius 3 is 0.556 bits per heavy atom. The van der Waals surface area contributed by atoms with Gasteiger partial charge in [-0.15, -0.1) is 0 Å². The third kappa shape index (κ3) is 58.1. The van der Waals surface area contributed by atoms with Crippen LogP contribution in [0.5, 0.6) is 0 Å². The van der Waals surface area contributed by atoms with Gasteiger partial charge >= 0.3 is 64.6 Å². The molecule has 0 aromatic rings. The summed E-state index contributed by atoms with van der Waals surface area (Å²) in [4.78, 5) is 0. The molecule has 0 aliphatic rings. The molecule has 52 valence electrons. The van der Waals surface area contributed by atoms with Gasteiger partial charge in [0, 0.05) is 103 Å². The third-order valence-corrected chi connectivity index (χ3v) is 0. The molecule has 0 aromatic carbocycles. The molecule has 0 N–H and O–H groups in total. The first-order chi connectivity index (χ1) is 2.45. The first kappa shape index (κ1) is 20.1. The van der Waals surface area contributed by atoms with Gasteiger partial charge in [-0.2, -0.15) is 0 Å². The van der Waals surface area contributed by atoms with E-state index < -0.39 is 6.48 Å². The molecule has 0 aliphatic heterocycles. The maximum absolute atomic E-state index is 5.22. The molecule has 0 nitrogen and oxygen atoms in total. The van der Waals surface area contributed by atoms with Crippen LogP contribution in [-0.2, 0) is 6.48 Å². The van der Waals surface area contributed by atoms with Crippen molar-refractivity contribution in [2.75, 3.05) is 0 Å². The van der Waals surface area contributed by atoms with E-state index in [1.807, 2.05) is 0 Å². The fourth-order valence-electron chi connectivity index (χ4n) is 0. The Morgan fingerprint density at radius 1 is 0.556 bits per heavy atom. The molecular weight excluding hydrogens is 392 g/mol. The van der Waals surface area contributed by atoms with E-state index in [1.54, 1.807) is 0 Å². The van der Waals surface area contributed by atoms with Crippen LogP contribution >= 0.6 is 58.1 Å². The second-order valence-electron chi connectivity index (χ2n) is 0.758. The molecule has 0 aromatic heterocycles. The van der Waals surface area contributed by atoms with Crippen LogP contribution in [-0.4, -0.2) is 103 Å². The topological polar surface area (TPSA) is 0 Å². The molecule has 0 amide bonds. The minimum absolute atomic E-state index is 0. The summed E-state index contributed by atoms with van der Waals surface area (Å²) in [6.45, 7) is -5.22. The van der Waals surface area contributed by atoms with Gasteiger partial charge in [-0.05, 0) is 0 Å². The summed E-state index contributed by atoms with van der Waals surface area (Å²) in [7, 11) is 30.3. The normalized spacial score (nSPS) is 18.0. The molecule has 0 rings (SSSR count). The fourth-order valence-corrected chi connectivity index (χ4v) is 0. The van der Waals surface area contributed by atoms with Gasteiger partial charge in [0.05, 0.1) is 0 Å². The van der Waals surface area contributed by atoms with Crippen LogP contribution < -0.4 is 0 Å². The molecule has 0 saturated carbocycles. The van der Waals surface area contributed by atoms with Crippen LogP contribution in [0.3, 0.4) is 0 Å². The van der Waals surface area contributed by atoms with Crippen molar-refractivity contribution in [3.63, 3.8) is 0 Å². The summed E-state index contributed by atoms with van der Waals surface area (Å²) in [6, 6.07) is 0. The number of hydrogen-bond donors (Lipinski definition) is 0. The Morgan fingerprint density at radius 2 is 0.556 bits per heavy atom. The van der Waals surface area contributed by atoms with Crippen molar-refractivity contribution in [3.8, 4) is 0 Å². The average Bonchev–Trinajstić information content (AvgIpc) is 0.592. The van der Waals surface area contributed by atoms with E-state index in [2.05, 4.69) is 0 Å². The van der Waals surface area contributed by atoms with Gasteiger partial charge in [0.25, 0.3) is 0 Å². The van der Waals surface area contributed by atoms with E-state index in [0.29, 0.717) is 0 Å². The molecule has 0 heterocycles. The molecule has 0 unspecified atom stereocenters. The molecule has 0 bridgehead atoms. The quantitative estimate of drug-likeness (QED) is 0.555. The smallest absolute Gasteiger partial charge is 0 e. The molecular formula is Cl6K2Ru. The largest absolute Gasteiger partial charge is 0 e. The monoisotopic (exact) mass is 390 g/mol. The minimum Gasteiger partial charge on any atom is 0 e. The van der Waals surface area contributed by atoms with E-state index in [1.165, 1.54) is 0 Å². The molecule has 0 saturated heterocycles. The Balaban J connectivity index is -0.000000180. The Hall–Kier alpha value is 5.64. The van der Waals surface area contributed by atoms with Crippen molar-refractivity contribution in [1.82, 2.24) is 0 Å². The molecule has 9 heteroatoms. The molecule has 2 radical (unpaired) electrons. The zero-order valence-electron chi connectivity index (χ0n) is 4.62. The summed E-state index contributed by atoms with van der Waals surface area (Å²) >= 11 is 0. The molecule has 0 fully saturated rings. The second kappa shape index (κ2) is 5.11. The maximum Gasteiger partial charge on any atom is 0 e. The van der Waals surface area contributed by atoms with Crippen molar-refractivity contribution in [1.29, 1.82) is 0 Å². The summed E-state index contributed by atoms with van der Waals surface area (Å²) in [5, 5.41) is 0. The summed E-state index contributed by atoms with van der Waals surface area (Å²) in [6.07, 6.45) is 0. The third-order valence-electron chi connectivity index (χ3n) is 0. The number of rotatable bonds is 0. The molecule has 0 atom stereocenters. The van der Waals surface area contributed by atoms with Crippen LogP contribution in [0.25, 0.3) is 0 Å². The number of hydrogen-bond acceptors (Lipinski definition) is 0. The van der Waals surface area contributed by atoms with Crippen LogP contribution in [0, 0.1) is 0 Å².